The van der Waals surface area contributed by atoms with Crippen LogP contribution in [0.25, 0.3) is 0 Å². The molecule has 1 saturated heterocycles. The van der Waals surface area contributed by atoms with Crippen molar-refractivity contribution in [3.63, 3.8) is 0 Å². The van der Waals surface area contributed by atoms with Crippen molar-refractivity contribution in [1.29, 1.82) is 0 Å². The van der Waals surface area contributed by atoms with E-state index in [4.69, 9.17) is 0 Å². The molecule has 1 aliphatic carbocycles. The molecule has 0 radical (unpaired) electrons. The minimum Gasteiger partial charge on any atom is -0.342 e. The Morgan fingerprint density at radius 2 is 2.00 bits per heavy atom. The Hall–Kier alpha value is -0.570. The number of carbonyl (C=O) groups is 1. The van der Waals surface area contributed by atoms with Crippen molar-refractivity contribution in [1.82, 2.24) is 10.2 Å². The van der Waals surface area contributed by atoms with E-state index in [1.54, 1.807) is 0 Å². The van der Waals surface area contributed by atoms with Crippen LogP contribution in [0.5, 0.6) is 0 Å². The van der Waals surface area contributed by atoms with Crippen LogP contribution in [-0.4, -0.2) is 36.5 Å². The molecule has 104 valence electrons. The van der Waals surface area contributed by atoms with Crippen molar-refractivity contribution in [2.24, 2.45) is 5.92 Å². The maximum Gasteiger partial charge on any atom is 0.224 e. The predicted octanol–water partition coefficient (Wildman–Crippen LogP) is 2.56. The predicted molar refractivity (Wildman–Crippen MR) is 74.5 cm³/mol. The summed E-state index contributed by atoms with van der Waals surface area (Å²) in [7, 11) is 2.03. The van der Waals surface area contributed by atoms with Crippen LogP contribution in [0.1, 0.15) is 58.3 Å². The average Bonchev–Trinajstić information content (AvgIpc) is 2.40. The maximum absolute atomic E-state index is 12.5. The van der Waals surface area contributed by atoms with Gasteiger partial charge in [-0.15, -0.1) is 0 Å². The molecule has 18 heavy (non-hydrogen) atoms. The number of hydrogen-bond acceptors (Lipinski definition) is 2. The van der Waals surface area contributed by atoms with Crippen LogP contribution in [0, 0.1) is 5.92 Å². The second kappa shape index (κ2) is 6.05. The second-order valence-corrected chi connectivity index (χ2v) is 6.35. The molecule has 2 fully saturated rings. The molecular formula is C15H28N2O. The minimum absolute atomic E-state index is 0.0933. The van der Waals surface area contributed by atoms with Crippen molar-refractivity contribution in [2.45, 2.75) is 63.8 Å². The van der Waals surface area contributed by atoms with E-state index in [-0.39, 0.29) is 5.54 Å². The zero-order chi connectivity index (χ0) is 13.0. The molecule has 0 spiro atoms. The Balaban J connectivity index is 1.92. The van der Waals surface area contributed by atoms with Crippen molar-refractivity contribution in [3.05, 3.63) is 0 Å². The first-order valence-corrected chi connectivity index (χ1v) is 7.62. The Kier molecular flexibility index (Phi) is 4.66. The van der Waals surface area contributed by atoms with Crippen LogP contribution < -0.4 is 5.32 Å². The highest BCUT2D eigenvalue weighted by Gasteiger charge is 2.34. The Labute approximate surface area is 111 Å². The van der Waals surface area contributed by atoms with Gasteiger partial charge in [0.1, 0.15) is 0 Å². The van der Waals surface area contributed by atoms with Gasteiger partial charge in [-0.3, -0.25) is 4.79 Å². The van der Waals surface area contributed by atoms with Gasteiger partial charge in [0, 0.05) is 25.0 Å². The van der Waals surface area contributed by atoms with E-state index in [0.29, 0.717) is 18.2 Å². The van der Waals surface area contributed by atoms with Gasteiger partial charge in [-0.1, -0.05) is 26.2 Å². The lowest BCUT2D eigenvalue weighted by atomic mass is 9.79. The summed E-state index contributed by atoms with van der Waals surface area (Å²) in [4.78, 5) is 14.6. The summed E-state index contributed by atoms with van der Waals surface area (Å²) in [6, 6.07) is 0. The van der Waals surface area contributed by atoms with Crippen LogP contribution in [0.3, 0.4) is 0 Å². The van der Waals surface area contributed by atoms with Crippen LogP contribution in [0.15, 0.2) is 0 Å². The van der Waals surface area contributed by atoms with Gasteiger partial charge in [0.05, 0.1) is 0 Å². The van der Waals surface area contributed by atoms with Crippen LogP contribution in [0.4, 0.5) is 0 Å². The monoisotopic (exact) mass is 252 g/mol. The SMILES string of the molecule is CNC1(CC(=O)N2CCCC(C)C2)CCCCC1. The van der Waals surface area contributed by atoms with Gasteiger partial charge in [0.2, 0.25) is 5.91 Å². The van der Waals surface area contributed by atoms with Crippen LogP contribution in [0.2, 0.25) is 0 Å². The highest BCUT2D eigenvalue weighted by atomic mass is 16.2. The lowest BCUT2D eigenvalue weighted by Crippen LogP contribution is -2.50. The van der Waals surface area contributed by atoms with Gasteiger partial charge < -0.3 is 10.2 Å². The molecule has 0 aromatic rings. The standard InChI is InChI=1S/C15H28N2O/c1-13-7-6-10-17(12-13)14(18)11-15(16-2)8-4-3-5-9-15/h13,16H,3-12H2,1-2H3. The topological polar surface area (TPSA) is 32.3 Å². The number of piperidine rings is 1. The number of nitrogens with zero attached hydrogens (tertiary/aromatic N) is 1. The summed E-state index contributed by atoms with van der Waals surface area (Å²) >= 11 is 0. The van der Waals surface area contributed by atoms with Crippen molar-refractivity contribution in [2.75, 3.05) is 20.1 Å². The largest absolute Gasteiger partial charge is 0.342 e. The van der Waals surface area contributed by atoms with Crippen LogP contribution >= 0.6 is 0 Å². The van der Waals surface area contributed by atoms with Crippen molar-refractivity contribution in [3.8, 4) is 0 Å². The smallest absolute Gasteiger partial charge is 0.224 e. The first-order valence-electron chi connectivity index (χ1n) is 7.62. The maximum atomic E-state index is 12.5. The zero-order valence-electron chi connectivity index (χ0n) is 12.0. The van der Waals surface area contributed by atoms with Gasteiger partial charge in [-0.25, -0.2) is 0 Å². The van der Waals surface area contributed by atoms with Gasteiger partial charge >= 0.3 is 0 Å². The summed E-state index contributed by atoms with van der Waals surface area (Å²) in [5.74, 6) is 1.05. The second-order valence-electron chi connectivity index (χ2n) is 6.35. The molecule has 1 N–H and O–H groups in total. The van der Waals surface area contributed by atoms with E-state index < -0.39 is 0 Å². The molecule has 0 aromatic carbocycles. The third-order valence-electron chi connectivity index (χ3n) is 4.84. The number of hydrogen-bond donors (Lipinski definition) is 1. The normalized spacial score (nSPS) is 28.1. The summed E-state index contributed by atoms with van der Waals surface area (Å²) in [5, 5.41) is 3.45. The third-order valence-corrected chi connectivity index (χ3v) is 4.84. The molecule has 0 bridgehead atoms. The molecule has 1 amide bonds. The fourth-order valence-electron chi connectivity index (χ4n) is 3.56. The molecule has 1 saturated carbocycles. The highest BCUT2D eigenvalue weighted by molar-refractivity contribution is 5.77. The fraction of sp³-hybridized carbons (Fsp3) is 0.933. The molecule has 3 heteroatoms. The summed E-state index contributed by atoms with van der Waals surface area (Å²) in [5.41, 5.74) is 0.0933. The van der Waals surface area contributed by atoms with Gasteiger partial charge in [0.25, 0.3) is 0 Å². The quantitative estimate of drug-likeness (QED) is 0.837. The molecule has 3 nitrogen and oxygen atoms in total. The molecule has 1 unspecified atom stereocenters. The molecular weight excluding hydrogens is 224 g/mol. The van der Waals surface area contributed by atoms with E-state index >= 15 is 0 Å². The van der Waals surface area contributed by atoms with Crippen LogP contribution in [-0.2, 0) is 4.79 Å². The molecule has 1 atom stereocenters. The molecule has 0 aromatic heterocycles. The molecule has 1 aliphatic heterocycles. The summed E-state index contributed by atoms with van der Waals surface area (Å²) in [6.07, 6.45) is 9.36. The molecule has 1 heterocycles. The number of likely N-dealkylation sites (tertiary alicyclic amines) is 1. The third kappa shape index (κ3) is 3.25. The highest BCUT2D eigenvalue weighted by Crippen LogP contribution is 2.31. The number of amides is 1. The Morgan fingerprint density at radius 1 is 1.28 bits per heavy atom. The Morgan fingerprint density at radius 3 is 2.61 bits per heavy atom. The number of rotatable bonds is 3. The van der Waals surface area contributed by atoms with Gasteiger partial charge in [-0.05, 0) is 38.6 Å². The minimum atomic E-state index is 0.0933. The lowest BCUT2D eigenvalue weighted by Gasteiger charge is -2.39. The fourth-order valence-corrected chi connectivity index (χ4v) is 3.56. The number of carbonyl (C=O) groups excluding carboxylic acids is 1. The first kappa shape index (κ1) is 13.9. The number of nitrogens with one attached hydrogen (secondary N) is 1. The summed E-state index contributed by atoms with van der Waals surface area (Å²) in [6.45, 7) is 4.20. The van der Waals surface area contributed by atoms with E-state index in [1.165, 1.54) is 44.9 Å². The zero-order valence-corrected chi connectivity index (χ0v) is 12.0. The van der Waals surface area contributed by atoms with Gasteiger partial charge in [0.15, 0.2) is 0 Å². The Bertz CT molecular complexity index is 284. The van der Waals surface area contributed by atoms with E-state index in [9.17, 15) is 4.79 Å². The van der Waals surface area contributed by atoms with Crippen molar-refractivity contribution < 1.29 is 4.79 Å². The van der Waals surface area contributed by atoms with Crippen molar-refractivity contribution >= 4 is 5.91 Å². The summed E-state index contributed by atoms with van der Waals surface area (Å²) < 4.78 is 0. The lowest BCUT2D eigenvalue weighted by molar-refractivity contribution is -0.134. The van der Waals surface area contributed by atoms with E-state index in [1.807, 2.05) is 7.05 Å². The van der Waals surface area contributed by atoms with E-state index in [0.717, 1.165) is 13.1 Å². The first-order chi connectivity index (χ1) is 8.65. The average molecular weight is 252 g/mol. The molecule has 2 aliphatic rings. The van der Waals surface area contributed by atoms with E-state index in [2.05, 4.69) is 17.1 Å². The molecule has 2 rings (SSSR count). The van der Waals surface area contributed by atoms with Gasteiger partial charge in [-0.2, -0.15) is 0 Å².